The fraction of sp³-hybridized carbons (Fsp3) is 0.231. The van der Waals surface area contributed by atoms with Crippen LogP contribution in [0.2, 0.25) is 0 Å². The maximum Gasteiger partial charge on any atom is 0.335 e. The standard InChI is InChI=1S/C13H15N5O3/c1-8-3-4-9(12(19)20)5-10(8)16-13(21)14-6-11-17-15-7-18(11)2/h3-5,7H,6H2,1-2H3,(H,19,20)(H2,14,16,21). The number of carboxylic acid groups (broad SMARTS) is 1. The fourth-order valence-electron chi connectivity index (χ4n) is 1.68. The molecule has 2 amide bonds. The Morgan fingerprint density at radius 3 is 2.76 bits per heavy atom. The SMILES string of the molecule is Cc1ccc(C(=O)O)cc1NC(=O)NCc1nncn1C. The first-order chi connectivity index (χ1) is 9.97. The van der Waals surface area contributed by atoms with Crippen LogP contribution in [0.15, 0.2) is 24.5 Å². The van der Waals surface area contributed by atoms with Gasteiger partial charge in [-0.15, -0.1) is 10.2 Å². The van der Waals surface area contributed by atoms with Crippen molar-refractivity contribution in [3.63, 3.8) is 0 Å². The third-order valence-corrected chi connectivity index (χ3v) is 2.94. The van der Waals surface area contributed by atoms with Crippen LogP contribution in [-0.2, 0) is 13.6 Å². The molecule has 0 fully saturated rings. The third-order valence-electron chi connectivity index (χ3n) is 2.94. The van der Waals surface area contributed by atoms with Crippen LogP contribution < -0.4 is 10.6 Å². The minimum atomic E-state index is -1.04. The highest BCUT2D eigenvalue weighted by molar-refractivity contribution is 5.93. The van der Waals surface area contributed by atoms with Crippen LogP contribution in [0.25, 0.3) is 0 Å². The molecule has 0 atom stereocenters. The van der Waals surface area contributed by atoms with E-state index in [0.717, 1.165) is 5.56 Å². The second kappa shape index (κ2) is 6.04. The van der Waals surface area contributed by atoms with Crippen LogP contribution in [0, 0.1) is 6.92 Å². The molecule has 2 aromatic rings. The van der Waals surface area contributed by atoms with Gasteiger partial charge in [-0.2, -0.15) is 0 Å². The molecular formula is C13H15N5O3. The highest BCUT2D eigenvalue weighted by Crippen LogP contribution is 2.16. The predicted molar refractivity (Wildman–Crippen MR) is 75.0 cm³/mol. The molecule has 8 heteroatoms. The van der Waals surface area contributed by atoms with Gasteiger partial charge in [0.05, 0.1) is 12.1 Å². The number of carbonyl (C=O) groups is 2. The molecule has 1 aromatic heterocycles. The lowest BCUT2D eigenvalue weighted by Gasteiger charge is -2.10. The Morgan fingerprint density at radius 2 is 2.14 bits per heavy atom. The van der Waals surface area contributed by atoms with Crippen molar-refractivity contribution in [2.45, 2.75) is 13.5 Å². The van der Waals surface area contributed by atoms with Crippen molar-refractivity contribution in [3.05, 3.63) is 41.5 Å². The number of amides is 2. The van der Waals surface area contributed by atoms with E-state index in [0.29, 0.717) is 11.5 Å². The largest absolute Gasteiger partial charge is 0.478 e. The van der Waals surface area contributed by atoms with Crippen molar-refractivity contribution < 1.29 is 14.7 Å². The van der Waals surface area contributed by atoms with E-state index in [1.165, 1.54) is 18.5 Å². The lowest BCUT2D eigenvalue weighted by atomic mass is 10.1. The molecule has 0 saturated heterocycles. The maximum absolute atomic E-state index is 11.8. The molecule has 21 heavy (non-hydrogen) atoms. The van der Waals surface area contributed by atoms with E-state index in [9.17, 15) is 9.59 Å². The average molecular weight is 289 g/mol. The fourth-order valence-corrected chi connectivity index (χ4v) is 1.68. The van der Waals surface area contributed by atoms with Gasteiger partial charge in [-0.05, 0) is 24.6 Å². The van der Waals surface area contributed by atoms with Crippen LogP contribution in [0.4, 0.5) is 10.5 Å². The topological polar surface area (TPSA) is 109 Å². The lowest BCUT2D eigenvalue weighted by Crippen LogP contribution is -2.29. The van der Waals surface area contributed by atoms with Gasteiger partial charge in [0.2, 0.25) is 0 Å². The van der Waals surface area contributed by atoms with Crippen LogP contribution in [-0.4, -0.2) is 31.9 Å². The van der Waals surface area contributed by atoms with Gasteiger partial charge < -0.3 is 20.3 Å². The third kappa shape index (κ3) is 3.56. The molecular weight excluding hydrogens is 274 g/mol. The van der Waals surface area contributed by atoms with E-state index in [1.54, 1.807) is 24.6 Å². The molecule has 1 aromatic carbocycles. The lowest BCUT2D eigenvalue weighted by molar-refractivity contribution is 0.0697. The van der Waals surface area contributed by atoms with Gasteiger partial charge in [-0.3, -0.25) is 0 Å². The van der Waals surface area contributed by atoms with Gasteiger partial charge in [0.15, 0.2) is 5.82 Å². The van der Waals surface area contributed by atoms with Crippen LogP contribution in [0.5, 0.6) is 0 Å². The van der Waals surface area contributed by atoms with Crippen molar-refractivity contribution >= 4 is 17.7 Å². The number of hydrogen-bond acceptors (Lipinski definition) is 4. The van der Waals surface area contributed by atoms with Gasteiger partial charge in [-0.1, -0.05) is 6.07 Å². The molecule has 0 unspecified atom stereocenters. The Labute approximate surface area is 120 Å². The second-order valence-electron chi connectivity index (χ2n) is 4.50. The zero-order valence-corrected chi connectivity index (χ0v) is 11.6. The maximum atomic E-state index is 11.8. The molecule has 0 spiro atoms. The van der Waals surface area contributed by atoms with Gasteiger partial charge in [0.25, 0.3) is 0 Å². The number of hydrogen-bond donors (Lipinski definition) is 3. The molecule has 1 heterocycles. The van der Waals surface area contributed by atoms with Crippen LogP contribution in [0.1, 0.15) is 21.7 Å². The first kappa shape index (κ1) is 14.5. The number of benzene rings is 1. The van der Waals surface area contributed by atoms with Crippen molar-refractivity contribution in [1.82, 2.24) is 20.1 Å². The number of aromatic carboxylic acids is 1. The molecule has 3 N–H and O–H groups in total. The minimum Gasteiger partial charge on any atom is -0.478 e. The first-order valence-corrected chi connectivity index (χ1v) is 6.19. The Bertz CT molecular complexity index is 680. The Kier molecular flexibility index (Phi) is 4.17. The molecule has 0 radical (unpaired) electrons. The number of urea groups is 1. The van der Waals surface area contributed by atoms with Gasteiger partial charge in [0, 0.05) is 12.7 Å². The quantitative estimate of drug-likeness (QED) is 0.782. The summed E-state index contributed by atoms with van der Waals surface area (Å²) in [6.07, 6.45) is 1.54. The van der Waals surface area contributed by atoms with E-state index >= 15 is 0 Å². The van der Waals surface area contributed by atoms with Crippen LogP contribution >= 0.6 is 0 Å². The monoisotopic (exact) mass is 289 g/mol. The van der Waals surface area contributed by atoms with E-state index in [2.05, 4.69) is 20.8 Å². The van der Waals surface area contributed by atoms with E-state index in [4.69, 9.17) is 5.11 Å². The second-order valence-corrected chi connectivity index (χ2v) is 4.50. The number of nitrogens with one attached hydrogen (secondary N) is 2. The summed E-state index contributed by atoms with van der Waals surface area (Å²) in [6.45, 7) is 2.00. The predicted octanol–water partition coefficient (Wildman–Crippen LogP) is 1.14. The zero-order chi connectivity index (χ0) is 15.4. The van der Waals surface area contributed by atoms with Gasteiger partial charge >= 0.3 is 12.0 Å². The average Bonchev–Trinajstić information content (AvgIpc) is 2.84. The molecule has 8 nitrogen and oxygen atoms in total. The summed E-state index contributed by atoms with van der Waals surface area (Å²) < 4.78 is 1.69. The van der Waals surface area contributed by atoms with E-state index in [-0.39, 0.29) is 12.1 Å². The molecule has 0 aliphatic rings. The van der Waals surface area contributed by atoms with Crippen molar-refractivity contribution in [1.29, 1.82) is 0 Å². The normalized spacial score (nSPS) is 10.2. The Hall–Kier alpha value is -2.90. The number of rotatable bonds is 4. The summed E-state index contributed by atoms with van der Waals surface area (Å²) in [5.74, 6) is -0.432. The summed E-state index contributed by atoms with van der Waals surface area (Å²) >= 11 is 0. The summed E-state index contributed by atoms with van der Waals surface area (Å²) in [4.78, 5) is 22.7. The number of aromatic nitrogens is 3. The number of anilines is 1. The molecule has 0 bridgehead atoms. The van der Waals surface area contributed by atoms with E-state index < -0.39 is 12.0 Å². The summed E-state index contributed by atoms with van der Waals surface area (Å²) in [5.41, 5.74) is 1.34. The first-order valence-electron chi connectivity index (χ1n) is 6.19. The zero-order valence-electron chi connectivity index (χ0n) is 11.6. The van der Waals surface area contributed by atoms with E-state index in [1.807, 2.05) is 0 Å². The highest BCUT2D eigenvalue weighted by atomic mass is 16.4. The number of carbonyl (C=O) groups excluding carboxylic acids is 1. The minimum absolute atomic E-state index is 0.115. The Morgan fingerprint density at radius 1 is 1.38 bits per heavy atom. The molecule has 0 aliphatic heterocycles. The van der Waals surface area contributed by atoms with Gasteiger partial charge in [-0.25, -0.2) is 9.59 Å². The summed E-state index contributed by atoms with van der Waals surface area (Å²) in [5, 5.41) is 21.7. The van der Waals surface area contributed by atoms with Crippen LogP contribution in [0.3, 0.4) is 0 Å². The number of carboxylic acids is 1. The Balaban J connectivity index is 2.01. The molecule has 0 aliphatic carbocycles. The summed E-state index contributed by atoms with van der Waals surface area (Å²) in [6, 6.07) is 4.10. The summed E-state index contributed by atoms with van der Waals surface area (Å²) in [7, 11) is 1.77. The molecule has 2 rings (SSSR count). The van der Waals surface area contributed by atoms with Crippen molar-refractivity contribution in [3.8, 4) is 0 Å². The number of aryl methyl sites for hydroxylation is 2. The molecule has 0 saturated carbocycles. The smallest absolute Gasteiger partial charge is 0.335 e. The number of nitrogens with zero attached hydrogens (tertiary/aromatic N) is 3. The van der Waals surface area contributed by atoms with Gasteiger partial charge in [0.1, 0.15) is 6.33 Å². The van der Waals surface area contributed by atoms with Crippen molar-refractivity contribution in [2.24, 2.45) is 7.05 Å². The molecule has 110 valence electrons. The highest BCUT2D eigenvalue weighted by Gasteiger charge is 2.09. The van der Waals surface area contributed by atoms with Crippen molar-refractivity contribution in [2.75, 3.05) is 5.32 Å².